The van der Waals surface area contributed by atoms with Crippen molar-refractivity contribution in [1.82, 2.24) is 10.6 Å². The Morgan fingerprint density at radius 3 is 2.75 bits per heavy atom. The number of unbranched alkanes of at least 4 members (excludes halogenated alkanes) is 1. The maximum absolute atomic E-state index is 12.2. The Bertz CT molecular complexity index is 754. The lowest BCUT2D eigenvalue weighted by molar-refractivity contribution is -0.117. The van der Waals surface area contributed by atoms with Crippen LogP contribution in [0, 0.1) is 0 Å². The van der Waals surface area contributed by atoms with Crippen molar-refractivity contribution in [2.75, 3.05) is 22.5 Å². The Kier molecular flexibility index (Phi) is 5.75. The molecule has 0 radical (unpaired) electrons. The van der Waals surface area contributed by atoms with Crippen LogP contribution in [0.4, 0.5) is 16.2 Å². The van der Waals surface area contributed by atoms with E-state index in [1.807, 2.05) is 36.0 Å². The van der Waals surface area contributed by atoms with Gasteiger partial charge in [-0.2, -0.15) is 11.8 Å². The molecule has 4 rings (SSSR count). The third-order valence-corrected chi connectivity index (χ3v) is 7.13. The molecule has 0 bridgehead atoms. The second-order valence-electron chi connectivity index (χ2n) is 7.61. The smallest absolute Gasteiger partial charge is 0.315 e. The van der Waals surface area contributed by atoms with Crippen LogP contribution in [0.2, 0.25) is 0 Å². The summed E-state index contributed by atoms with van der Waals surface area (Å²) in [5.41, 5.74) is 1.65. The van der Waals surface area contributed by atoms with E-state index in [0.29, 0.717) is 18.1 Å². The van der Waals surface area contributed by atoms with Crippen molar-refractivity contribution in [3.8, 4) is 0 Å². The molecule has 1 aromatic carbocycles. The van der Waals surface area contributed by atoms with Crippen molar-refractivity contribution in [3.63, 3.8) is 0 Å². The van der Waals surface area contributed by atoms with E-state index in [9.17, 15) is 14.4 Å². The van der Waals surface area contributed by atoms with Gasteiger partial charge in [0.15, 0.2) is 0 Å². The van der Waals surface area contributed by atoms with E-state index >= 15 is 0 Å². The lowest BCUT2D eigenvalue weighted by Crippen LogP contribution is -2.36. The van der Waals surface area contributed by atoms with Gasteiger partial charge in [0.05, 0.1) is 12.1 Å². The van der Waals surface area contributed by atoms with Crippen LogP contribution in [0.15, 0.2) is 24.3 Å². The molecule has 0 spiro atoms. The zero-order valence-electron chi connectivity index (χ0n) is 15.8. The molecule has 1 aromatic rings. The second-order valence-corrected chi connectivity index (χ2v) is 8.88. The second kappa shape index (κ2) is 8.43. The number of benzene rings is 1. The molecule has 7 nitrogen and oxygen atoms in total. The van der Waals surface area contributed by atoms with E-state index in [2.05, 4.69) is 16.0 Å². The fourth-order valence-corrected chi connectivity index (χ4v) is 5.69. The maximum Gasteiger partial charge on any atom is 0.315 e. The number of fused-ring (bicyclic) bond motifs is 1. The predicted octanol–water partition coefficient (Wildman–Crippen LogP) is 2.48. The van der Waals surface area contributed by atoms with Gasteiger partial charge in [0.2, 0.25) is 11.8 Å². The molecular formula is C20H26N4O3S. The standard InChI is InChI=1S/C20H26N4O3S/c25-17(5-2-1-4-16-19-15(12-28-16)22-20(27)23-19)21-13-7-9-14(10-8-13)24-11-3-6-18(24)26/h7-10,15-16,19H,1-6,11-12H2,(H,21,25)(H2,22,23,27)/t15-,16-,19-/m0/s1. The Labute approximate surface area is 169 Å². The molecule has 28 heavy (non-hydrogen) atoms. The summed E-state index contributed by atoms with van der Waals surface area (Å²) in [5, 5.41) is 9.32. The SMILES string of the molecule is O=C(CCCC[C@@H]1SC[C@@H]2NC(=O)N[C@@H]21)Nc1ccc(N2CCCC2=O)cc1. The summed E-state index contributed by atoms with van der Waals surface area (Å²) in [6.07, 6.45) is 4.83. The number of amides is 4. The van der Waals surface area contributed by atoms with Crippen LogP contribution in [-0.2, 0) is 9.59 Å². The van der Waals surface area contributed by atoms with E-state index < -0.39 is 0 Å². The fourth-order valence-electron chi connectivity index (χ4n) is 4.14. The number of hydrogen-bond donors (Lipinski definition) is 3. The summed E-state index contributed by atoms with van der Waals surface area (Å²) < 4.78 is 0. The average Bonchev–Trinajstić information content (AvgIpc) is 3.36. The zero-order valence-corrected chi connectivity index (χ0v) is 16.6. The topological polar surface area (TPSA) is 90.5 Å². The number of carbonyl (C=O) groups excluding carboxylic acids is 3. The summed E-state index contributed by atoms with van der Waals surface area (Å²) in [7, 11) is 0. The number of anilines is 2. The van der Waals surface area contributed by atoms with Crippen molar-refractivity contribution in [3.05, 3.63) is 24.3 Å². The lowest BCUT2D eigenvalue weighted by atomic mass is 10.0. The maximum atomic E-state index is 12.2. The van der Waals surface area contributed by atoms with Crippen LogP contribution in [0.1, 0.15) is 38.5 Å². The van der Waals surface area contributed by atoms with Gasteiger partial charge in [-0.25, -0.2) is 4.79 Å². The molecule has 0 aromatic heterocycles. The molecular weight excluding hydrogens is 376 g/mol. The van der Waals surface area contributed by atoms with E-state index in [-0.39, 0.29) is 29.9 Å². The van der Waals surface area contributed by atoms with Crippen LogP contribution in [-0.4, -0.2) is 47.5 Å². The van der Waals surface area contributed by atoms with E-state index in [1.165, 1.54) is 0 Å². The quantitative estimate of drug-likeness (QED) is 0.483. The molecule has 8 heteroatoms. The van der Waals surface area contributed by atoms with Gasteiger partial charge in [0, 0.05) is 41.8 Å². The first kappa shape index (κ1) is 19.1. The Hall–Kier alpha value is -2.22. The Morgan fingerprint density at radius 2 is 2.00 bits per heavy atom. The highest BCUT2D eigenvalue weighted by molar-refractivity contribution is 8.00. The van der Waals surface area contributed by atoms with Crippen LogP contribution >= 0.6 is 11.8 Å². The van der Waals surface area contributed by atoms with Crippen LogP contribution < -0.4 is 20.9 Å². The van der Waals surface area contributed by atoms with Crippen LogP contribution in [0.5, 0.6) is 0 Å². The van der Waals surface area contributed by atoms with Crippen LogP contribution in [0.25, 0.3) is 0 Å². The van der Waals surface area contributed by atoms with Gasteiger partial charge in [-0.3, -0.25) is 9.59 Å². The first-order chi connectivity index (χ1) is 13.6. The molecule has 3 atom stereocenters. The number of rotatable bonds is 7. The summed E-state index contributed by atoms with van der Waals surface area (Å²) in [6, 6.07) is 7.90. The number of nitrogens with zero attached hydrogens (tertiary/aromatic N) is 1. The first-order valence-corrected chi connectivity index (χ1v) is 11.0. The highest BCUT2D eigenvalue weighted by atomic mass is 32.2. The number of urea groups is 1. The minimum atomic E-state index is -0.0557. The van der Waals surface area contributed by atoms with E-state index in [4.69, 9.17) is 0 Å². The summed E-state index contributed by atoms with van der Waals surface area (Å²) in [4.78, 5) is 37.2. The van der Waals surface area contributed by atoms with E-state index in [0.717, 1.165) is 49.4 Å². The molecule has 3 N–H and O–H groups in total. The van der Waals surface area contributed by atoms with Gasteiger partial charge < -0.3 is 20.9 Å². The Balaban J connectivity index is 1.17. The van der Waals surface area contributed by atoms with Gasteiger partial charge in [0.1, 0.15) is 0 Å². The highest BCUT2D eigenvalue weighted by Gasteiger charge is 2.42. The molecule has 3 aliphatic heterocycles. The molecule has 3 aliphatic rings. The Morgan fingerprint density at radius 1 is 1.18 bits per heavy atom. The molecule has 0 saturated carbocycles. The van der Waals surface area contributed by atoms with Crippen molar-refractivity contribution < 1.29 is 14.4 Å². The molecule has 4 amide bonds. The number of carbonyl (C=O) groups is 3. The molecule has 3 saturated heterocycles. The molecule has 3 heterocycles. The van der Waals surface area contributed by atoms with Gasteiger partial charge >= 0.3 is 6.03 Å². The third kappa shape index (κ3) is 4.27. The monoisotopic (exact) mass is 402 g/mol. The zero-order chi connectivity index (χ0) is 19.5. The van der Waals surface area contributed by atoms with Crippen molar-refractivity contribution in [1.29, 1.82) is 0 Å². The molecule has 0 unspecified atom stereocenters. The highest BCUT2D eigenvalue weighted by Crippen LogP contribution is 2.33. The van der Waals surface area contributed by atoms with E-state index in [1.54, 1.807) is 4.90 Å². The van der Waals surface area contributed by atoms with Crippen molar-refractivity contribution >= 4 is 41.0 Å². The van der Waals surface area contributed by atoms with Gasteiger partial charge in [-0.15, -0.1) is 0 Å². The average molecular weight is 403 g/mol. The van der Waals surface area contributed by atoms with Crippen LogP contribution in [0.3, 0.4) is 0 Å². The minimum absolute atomic E-state index is 0.0118. The summed E-state index contributed by atoms with van der Waals surface area (Å²) in [5.74, 6) is 1.14. The number of hydrogen-bond acceptors (Lipinski definition) is 4. The van der Waals surface area contributed by atoms with Gasteiger partial charge in [0.25, 0.3) is 0 Å². The molecule has 3 fully saturated rings. The van der Waals surface area contributed by atoms with Gasteiger partial charge in [-0.1, -0.05) is 6.42 Å². The third-order valence-electron chi connectivity index (χ3n) is 5.62. The van der Waals surface area contributed by atoms with Gasteiger partial charge in [-0.05, 0) is 43.5 Å². The molecule has 150 valence electrons. The fraction of sp³-hybridized carbons (Fsp3) is 0.550. The van der Waals surface area contributed by atoms with Crippen molar-refractivity contribution in [2.24, 2.45) is 0 Å². The minimum Gasteiger partial charge on any atom is -0.332 e. The molecule has 0 aliphatic carbocycles. The first-order valence-electron chi connectivity index (χ1n) is 9.99. The normalized spacial score (nSPS) is 26.1. The predicted molar refractivity (Wildman–Crippen MR) is 111 cm³/mol. The number of nitrogens with one attached hydrogen (secondary N) is 3. The number of thioether (sulfide) groups is 1. The lowest BCUT2D eigenvalue weighted by Gasteiger charge is -2.16. The summed E-state index contributed by atoms with van der Waals surface area (Å²) >= 11 is 1.90. The largest absolute Gasteiger partial charge is 0.332 e. The summed E-state index contributed by atoms with van der Waals surface area (Å²) in [6.45, 7) is 0.769. The van der Waals surface area contributed by atoms with Crippen molar-refractivity contribution in [2.45, 2.75) is 55.9 Å².